The Morgan fingerprint density at radius 3 is 2.95 bits per heavy atom. The van der Waals surface area contributed by atoms with Crippen molar-refractivity contribution in [1.29, 1.82) is 0 Å². The van der Waals surface area contributed by atoms with Crippen molar-refractivity contribution < 1.29 is 28.6 Å². The van der Waals surface area contributed by atoms with Crippen molar-refractivity contribution in [3.05, 3.63) is 29.6 Å². The van der Waals surface area contributed by atoms with E-state index in [4.69, 9.17) is 4.74 Å². The number of methoxy groups -OCH3 is 1. The van der Waals surface area contributed by atoms with E-state index in [1.54, 1.807) is 0 Å². The first kappa shape index (κ1) is 15.2. The summed E-state index contributed by atoms with van der Waals surface area (Å²) in [5, 5.41) is 9.65. The first-order chi connectivity index (χ1) is 10.0. The molecule has 1 aromatic carbocycles. The minimum atomic E-state index is -0.781. The van der Waals surface area contributed by atoms with E-state index in [1.165, 1.54) is 24.1 Å². The molecule has 1 unspecified atom stereocenters. The number of rotatable bonds is 3. The van der Waals surface area contributed by atoms with Crippen LogP contribution in [0.5, 0.6) is 5.75 Å². The Bertz CT molecular complexity index is 528. The summed E-state index contributed by atoms with van der Waals surface area (Å²) in [5.41, 5.74) is -0.365. The summed E-state index contributed by atoms with van der Waals surface area (Å²) in [6, 6.07) is 3.68. The van der Waals surface area contributed by atoms with Gasteiger partial charge in [-0.1, -0.05) is 6.07 Å². The zero-order chi connectivity index (χ0) is 15.4. The van der Waals surface area contributed by atoms with Crippen molar-refractivity contribution in [3.63, 3.8) is 0 Å². The van der Waals surface area contributed by atoms with Gasteiger partial charge in [-0.2, -0.15) is 0 Å². The third-order valence-corrected chi connectivity index (χ3v) is 3.25. The highest BCUT2D eigenvalue weighted by Crippen LogP contribution is 2.23. The largest absolute Gasteiger partial charge is 0.507 e. The molecule has 1 saturated heterocycles. The second kappa shape index (κ2) is 6.53. The van der Waals surface area contributed by atoms with Crippen LogP contribution < -0.4 is 0 Å². The third-order valence-electron chi connectivity index (χ3n) is 3.25. The van der Waals surface area contributed by atoms with E-state index in [0.29, 0.717) is 0 Å². The minimum absolute atomic E-state index is 0.0174. The van der Waals surface area contributed by atoms with Gasteiger partial charge in [-0.3, -0.25) is 9.59 Å². The fourth-order valence-corrected chi connectivity index (χ4v) is 2.18. The zero-order valence-electron chi connectivity index (χ0n) is 11.5. The average Bonchev–Trinajstić information content (AvgIpc) is 2.47. The Hall–Kier alpha value is -2.15. The zero-order valence-corrected chi connectivity index (χ0v) is 11.5. The van der Waals surface area contributed by atoms with Crippen LogP contribution in [0.25, 0.3) is 0 Å². The predicted molar refractivity (Wildman–Crippen MR) is 70.3 cm³/mol. The lowest BCUT2D eigenvalue weighted by Crippen LogP contribution is -2.46. The number of ether oxygens (including phenoxy) is 2. The second-order valence-corrected chi connectivity index (χ2v) is 4.66. The summed E-state index contributed by atoms with van der Waals surface area (Å²) in [5.74, 6) is -2.25. The summed E-state index contributed by atoms with van der Waals surface area (Å²) in [7, 11) is 1.27. The van der Waals surface area contributed by atoms with E-state index < -0.39 is 29.5 Å². The standard InChI is InChI=1S/C14H16FNO5/c1-20-12(18)7-9-8-16(5-6-21-9)14(19)13-10(15)3-2-4-11(13)17/h2-4,9,17H,5-8H2,1H3. The first-order valence-corrected chi connectivity index (χ1v) is 6.48. The van der Waals surface area contributed by atoms with Crippen molar-refractivity contribution in [3.8, 4) is 5.75 Å². The lowest BCUT2D eigenvalue weighted by atomic mass is 10.1. The number of amides is 1. The molecule has 2 rings (SSSR count). The van der Waals surface area contributed by atoms with Crippen LogP contribution in [0, 0.1) is 5.82 Å². The molecular weight excluding hydrogens is 281 g/mol. The highest BCUT2D eigenvalue weighted by atomic mass is 19.1. The van der Waals surface area contributed by atoms with Crippen molar-refractivity contribution in [2.75, 3.05) is 26.8 Å². The normalized spacial score (nSPS) is 18.4. The van der Waals surface area contributed by atoms with Crippen LogP contribution in [0.4, 0.5) is 4.39 Å². The van der Waals surface area contributed by atoms with Gasteiger partial charge >= 0.3 is 5.97 Å². The highest BCUT2D eigenvalue weighted by Gasteiger charge is 2.29. The monoisotopic (exact) mass is 297 g/mol. The molecular formula is C14H16FNO5. The van der Waals surface area contributed by atoms with E-state index >= 15 is 0 Å². The molecule has 0 saturated carbocycles. The number of hydrogen-bond donors (Lipinski definition) is 1. The molecule has 1 amide bonds. The summed E-state index contributed by atoms with van der Waals surface area (Å²) < 4.78 is 23.6. The van der Waals surface area contributed by atoms with E-state index in [0.717, 1.165) is 6.07 Å². The second-order valence-electron chi connectivity index (χ2n) is 4.66. The minimum Gasteiger partial charge on any atom is -0.507 e. The molecule has 1 fully saturated rings. The molecule has 21 heavy (non-hydrogen) atoms. The van der Waals surface area contributed by atoms with Gasteiger partial charge < -0.3 is 19.5 Å². The van der Waals surface area contributed by atoms with Gasteiger partial charge in [-0.15, -0.1) is 0 Å². The summed E-state index contributed by atoms with van der Waals surface area (Å²) in [6.07, 6.45) is -0.479. The molecule has 0 bridgehead atoms. The molecule has 0 spiro atoms. The Kier molecular flexibility index (Phi) is 4.74. The fraction of sp³-hybridized carbons (Fsp3) is 0.429. The molecule has 1 atom stereocenters. The Morgan fingerprint density at radius 2 is 2.29 bits per heavy atom. The van der Waals surface area contributed by atoms with E-state index in [9.17, 15) is 19.1 Å². The summed E-state index contributed by atoms with van der Waals surface area (Å²) in [6.45, 7) is 0.647. The van der Waals surface area contributed by atoms with Gasteiger partial charge in [-0.25, -0.2) is 4.39 Å². The van der Waals surface area contributed by atoms with Gasteiger partial charge in [0.25, 0.3) is 5.91 Å². The lowest BCUT2D eigenvalue weighted by molar-refractivity contribution is -0.145. The maximum absolute atomic E-state index is 13.7. The Balaban J connectivity index is 2.10. The van der Waals surface area contributed by atoms with Crippen LogP contribution in [0.2, 0.25) is 0 Å². The average molecular weight is 297 g/mol. The molecule has 1 aliphatic rings. The van der Waals surface area contributed by atoms with Gasteiger partial charge in [0.05, 0.1) is 26.2 Å². The molecule has 1 heterocycles. The van der Waals surface area contributed by atoms with Crippen molar-refractivity contribution in [2.45, 2.75) is 12.5 Å². The number of esters is 1. The van der Waals surface area contributed by atoms with Crippen LogP contribution in [-0.2, 0) is 14.3 Å². The van der Waals surface area contributed by atoms with Gasteiger partial charge in [0.1, 0.15) is 17.1 Å². The molecule has 1 aromatic rings. The highest BCUT2D eigenvalue weighted by molar-refractivity contribution is 5.97. The van der Waals surface area contributed by atoms with E-state index in [1.807, 2.05) is 0 Å². The third kappa shape index (κ3) is 3.49. The van der Waals surface area contributed by atoms with E-state index in [2.05, 4.69) is 4.74 Å². The van der Waals surface area contributed by atoms with Gasteiger partial charge in [0.2, 0.25) is 0 Å². The maximum Gasteiger partial charge on any atom is 0.308 e. The number of carbonyl (C=O) groups excluding carboxylic acids is 2. The van der Waals surface area contributed by atoms with Crippen molar-refractivity contribution >= 4 is 11.9 Å². The lowest BCUT2D eigenvalue weighted by Gasteiger charge is -2.32. The Morgan fingerprint density at radius 1 is 1.52 bits per heavy atom. The number of hydrogen-bond acceptors (Lipinski definition) is 5. The number of phenols is 1. The molecule has 0 radical (unpaired) electrons. The van der Waals surface area contributed by atoms with Gasteiger partial charge in [-0.05, 0) is 12.1 Å². The van der Waals surface area contributed by atoms with Gasteiger partial charge in [0.15, 0.2) is 0 Å². The summed E-state index contributed by atoms with van der Waals surface area (Å²) in [4.78, 5) is 24.9. The number of benzene rings is 1. The summed E-state index contributed by atoms with van der Waals surface area (Å²) >= 11 is 0. The molecule has 6 nitrogen and oxygen atoms in total. The topological polar surface area (TPSA) is 76.1 Å². The molecule has 1 N–H and O–H groups in total. The smallest absolute Gasteiger partial charge is 0.308 e. The number of phenolic OH excluding ortho intramolecular Hbond substituents is 1. The van der Waals surface area contributed by atoms with Crippen LogP contribution in [0.1, 0.15) is 16.8 Å². The molecule has 7 heteroatoms. The first-order valence-electron chi connectivity index (χ1n) is 6.48. The van der Waals surface area contributed by atoms with Gasteiger partial charge in [0, 0.05) is 13.1 Å². The predicted octanol–water partition coefficient (Wildman–Crippen LogP) is 0.935. The molecule has 0 aliphatic carbocycles. The van der Waals surface area contributed by atoms with Crippen LogP contribution in [0.3, 0.4) is 0 Å². The number of aromatic hydroxyl groups is 1. The fourth-order valence-electron chi connectivity index (χ4n) is 2.18. The van der Waals surface area contributed by atoms with Crippen LogP contribution in [-0.4, -0.2) is 54.8 Å². The molecule has 0 aromatic heterocycles. The molecule has 1 aliphatic heterocycles. The Labute approximate surface area is 121 Å². The number of nitrogens with zero attached hydrogens (tertiary/aromatic N) is 1. The number of morpholine rings is 1. The quantitative estimate of drug-likeness (QED) is 0.840. The van der Waals surface area contributed by atoms with E-state index in [-0.39, 0.29) is 31.7 Å². The van der Waals surface area contributed by atoms with Crippen molar-refractivity contribution in [1.82, 2.24) is 4.90 Å². The SMILES string of the molecule is COC(=O)CC1CN(C(=O)c2c(O)cccc2F)CCO1. The molecule has 114 valence electrons. The van der Waals surface area contributed by atoms with Crippen LogP contribution in [0.15, 0.2) is 18.2 Å². The van der Waals surface area contributed by atoms with Crippen LogP contribution >= 0.6 is 0 Å². The van der Waals surface area contributed by atoms with Crippen molar-refractivity contribution in [2.24, 2.45) is 0 Å². The number of halogens is 1. The maximum atomic E-state index is 13.7. The number of carbonyl (C=O) groups is 2.